The van der Waals surface area contributed by atoms with Crippen molar-refractivity contribution < 1.29 is 13.9 Å². The van der Waals surface area contributed by atoms with E-state index in [4.69, 9.17) is 4.74 Å². The zero-order valence-electron chi connectivity index (χ0n) is 13.5. The van der Waals surface area contributed by atoms with Crippen molar-refractivity contribution in [2.45, 2.75) is 30.9 Å². The van der Waals surface area contributed by atoms with E-state index in [1.165, 1.54) is 0 Å². The van der Waals surface area contributed by atoms with E-state index in [0.717, 1.165) is 38.2 Å². The Morgan fingerprint density at radius 3 is 2.91 bits per heavy atom. The van der Waals surface area contributed by atoms with Gasteiger partial charge in [0, 0.05) is 27.1 Å². The van der Waals surface area contributed by atoms with Gasteiger partial charge >= 0.3 is 6.03 Å². The van der Waals surface area contributed by atoms with Crippen LogP contribution in [0.3, 0.4) is 0 Å². The highest BCUT2D eigenvalue weighted by Crippen LogP contribution is 2.35. The number of rotatable bonds is 2. The molecule has 2 atom stereocenters. The number of hydrogen-bond donors (Lipinski definition) is 1. The van der Waals surface area contributed by atoms with E-state index in [-0.39, 0.29) is 17.7 Å². The molecule has 0 bridgehead atoms. The van der Waals surface area contributed by atoms with E-state index in [1.54, 1.807) is 19.0 Å². The van der Waals surface area contributed by atoms with Crippen molar-refractivity contribution in [1.82, 2.24) is 19.8 Å². The quantitative estimate of drug-likeness (QED) is 0.889. The molecule has 7 nitrogen and oxygen atoms in total. The standard InChI is InChI=1S/C15H22FN5O2/c1-20(2)14(22)21-5-3-4-15(10-21)6-12(9-23-15)19-13-17-7-11(16)8-18-13/h7-8,12H,3-6,9-10H2,1-2H3,(H,17,18,19)/t12-,15-/m1/s1. The van der Waals surface area contributed by atoms with E-state index >= 15 is 0 Å². The Kier molecular flexibility index (Phi) is 4.34. The Bertz CT molecular complexity index is 567. The number of nitrogens with one attached hydrogen (secondary N) is 1. The van der Waals surface area contributed by atoms with Gasteiger partial charge in [-0.05, 0) is 12.8 Å². The Morgan fingerprint density at radius 1 is 1.48 bits per heavy atom. The average molecular weight is 323 g/mol. The van der Waals surface area contributed by atoms with Gasteiger partial charge in [-0.3, -0.25) is 0 Å². The number of amides is 2. The topological polar surface area (TPSA) is 70.6 Å². The molecule has 1 aromatic rings. The van der Waals surface area contributed by atoms with Crippen LogP contribution in [-0.2, 0) is 4.74 Å². The number of ether oxygens (including phenoxy) is 1. The van der Waals surface area contributed by atoms with Gasteiger partial charge in [-0.25, -0.2) is 19.2 Å². The number of carbonyl (C=O) groups is 1. The first-order valence-electron chi connectivity index (χ1n) is 7.82. The lowest BCUT2D eigenvalue weighted by molar-refractivity contribution is -0.0430. The largest absolute Gasteiger partial charge is 0.371 e. The summed E-state index contributed by atoms with van der Waals surface area (Å²) < 4.78 is 18.9. The maximum Gasteiger partial charge on any atom is 0.319 e. The average Bonchev–Trinajstić information content (AvgIpc) is 2.91. The van der Waals surface area contributed by atoms with E-state index in [2.05, 4.69) is 15.3 Å². The minimum atomic E-state index is -0.459. The minimum absolute atomic E-state index is 0.0194. The number of halogens is 1. The van der Waals surface area contributed by atoms with Crippen LogP contribution in [0.4, 0.5) is 15.1 Å². The fourth-order valence-electron chi connectivity index (χ4n) is 3.33. The van der Waals surface area contributed by atoms with Gasteiger partial charge in [0.25, 0.3) is 0 Å². The molecule has 0 aliphatic carbocycles. The molecule has 1 spiro atoms. The molecule has 0 radical (unpaired) electrons. The zero-order chi connectivity index (χ0) is 16.4. The van der Waals surface area contributed by atoms with Gasteiger partial charge in [-0.2, -0.15) is 0 Å². The predicted octanol–water partition coefficient (Wildman–Crippen LogP) is 1.33. The molecule has 2 saturated heterocycles. The lowest BCUT2D eigenvalue weighted by atomic mass is 9.89. The summed E-state index contributed by atoms with van der Waals surface area (Å²) in [7, 11) is 3.52. The van der Waals surface area contributed by atoms with Crippen molar-refractivity contribution in [3.8, 4) is 0 Å². The zero-order valence-corrected chi connectivity index (χ0v) is 13.5. The molecule has 0 saturated carbocycles. The van der Waals surface area contributed by atoms with Gasteiger partial charge in [-0.1, -0.05) is 0 Å². The molecular formula is C15H22FN5O2. The molecule has 3 rings (SSSR count). The molecule has 1 aromatic heterocycles. The van der Waals surface area contributed by atoms with Crippen LogP contribution in [0.25, 0.3) is 0 Å². The highest BCUT2D eigenvalue weighted by molar-refractivity contribution is 5.74. The second kappa shape index (κ2) is 6.27. The molecule has 2 aliphatic heterocycles. The lowest BCUT2D eigenvalue weighted by Gasteiger charge is -2.40. The SMILES string of the molecule is CN(C)C(=O)N1CCC[C@@]2(C[C@@H](Nc3ncc(F)cn3)CO2)C1. The molecule has 23 heavy (non-hydrogen) atoms. The third-order valence-corrected chi connectivity index (χ3v) is 4.36. The van der Waals surface area contributed by atoms with E-state index in [1.807, 2.05) is 4.90 Å². The number of aromatic nitrogens is 2. The summed E-state index contributed by atoms with van der Waals surface area (Å²) >= 11 is 0. The fraction of sp³-hybridized carbons (Fsp3) is 0.667. The van der Waals surface area contributed by atoms with Crippen molar-refractivity contribution in [3.05, 3.63) is 18.2 Å². The maximum absolute atomic E-state index is 12.9. The minimum Gasteiger partial charge on any atom is -0.371 e. The monoisotopic (exact) mass is 323 g/mol. The number of carbonyl (C=O) groups excluding carboxylic acids is 1. The Labute approximate surface area is 134 Å². The van der Waals surface area contributed by atoms with Crippen LogP contribution in [0.5, 0.6) is 0 Å². The van der Waals surface area contributed by atoms with Crippen LogP contribution in [0, 0.1) is 5.82 Å². The first kappa shape index (κ1) is 15.9. The molecule has 126 valence electrons. The van der Waals surface area contributed by atoms with Crippen molar-refractivity contribution >= 4 is 12.0 Å². The number of nitrogens with zero attached hydrogens (tertiary/aromatic N) is 4. The number of hydrogen-bond acceptors (Lipinski definition) is 5. The van der Waals surface area contributed by atoms with E-state index < -0.39 is 5.82 Å². The van der Waals surface area contributed by atoms with Gasteiger partial charge in [0.2, 0.25) is 5.95 Å². The van der Waals surface area contributed by atoms with Crippen molar-refractivity contribution in [3.63, 3.8) is 0 Å². The summed E-state index contributed by atoms with van der Waals surface area (Å²) in [5, 5.41) is 3.18. The summed E-state index contributed by atoms with van der Waals surface area (Å²) in [6, 6.07) is 0.0841. The molecule has 2 fully saturated rings. The van der Waals surface area contributed by atoms with Crippen molar-refractivity contribution in [2.75, 3.05) is 39.1 Å². The smallest absolute Gasteiger partial charge is 0.319 e. The number of likely N-dealkylation sites (tertiary alicyclic amines) is 1. The van der Waals surface area contributed by atoms with Gasteiger partial charge in [0.15, 0.2) is 5.82 Å². The number of anilines is 1. The Hall–Kier alpha value is -1.96. The predicted molar refractivity (Wildman–Crippen MR) is 82.6 cm³/mol. The molecule has 2 amide bonds. The van der Waals surface area contributed by atoms with Crippen LogP contribution in [0.2, 0.25) is 0 Å². The highest BCUT2D eigenvalue weighted by Gasteiger charge is 2.44. The second-order valence-electron chi connectivity index (χ2n) is 6.47. The Morgan fingerprint density at radius 2 is 2.22 bits per heavy atom. The van der Waals surface area contributed by atoms with Gasteiger partial charge in [-0.15, -0.1) is 0 Å². The second-order valence-corrected chi connectivity index (χ2v) is 6.47. The van der Waals surface area contributed by atoms with Crippen LogP contribution < -0.4 is 5.32 Å². The van der Waals surface area contributed by atoms with Crippen LogP contribution in [-0.4, -0.2) is 71.2 Å². The molecule has 0 aromatic carbocycles. The summed E-state index contributed by atoms with van der Waals surface area (Å²) in [5.41, 5.74) is -0.304. The molecule has 3 heterocycles. The van der Waals surface area contributed by atoms with Crippen LogP contribution in [0.1, 0.15) is 19.3 Å². The van der Waals surface area contributed by atoms with Gasteiger partial charge < -0.3 is 19.9 Å². The number of urea groups is 1. The van der Waals surface area contributed by atoms with E-state index in [0.29, 0.717) is 19.1 Å². The number of piperidine rings is 1. The van der Waals surface area contributed by atoms with Crippen LogP contribution in [0.15, 0.2) is 12.4 Å². The normalized spacial score (nSPS) is 27.3. The summed E-state index contributed by atoms with van der Waals surface area (Å²) in [5.74, 6) is -0.0612. The summed E-state index contributed by atoms with van der Waals surface area (Å²) in [6.07, 6.45) is 4.93. The maximum atomic E-state index is 12.9. The molecular weight excluding hydrogens is 301 g/mol. The van der Waals surface area contributed by atoms with Gasteiger partial charge in [0.05, 0.1) is 37.2 Å². The van der Waals surface area contributed by atoms with Crippen LogP contribution >= 0.6 is 0 Å². The lowest BCUT2D eigenvalue weighted by Crippen LogP contribution is -2.52. The van der Waals surface area contributed by atoms with E-state index in [9.17, 15) is 9.18 Å². The molecule has 2 aliphatic rings. The summed E-state index contributed by atoms with van der Waals surface area (Å²) in [4.78, 5) is 23.4. The van der Waals surface area contributed by atoms with Crippen molar-refractivity contribution in [1.29, 1.82) is 0 Å². The molecule has 8 heteroatoms. The van der Waals surface area contributed by atoms with Crippen molar-refractivity contribution in [2.24, 2.45) is 0 Å². The Balaban J connectivity index is 1.61. The first-order chi connectivity index (χ1) is 11.0. The molecule has 1 N–H and O–H groups in total. The fourth-order valence-corrected chi connectivity index (χ4v) is 3.33. The van der Waals surface area contributed by atoms with Gasteiger partial charge in [0.1, 0.15) is 0 Å². The third-order valence-electron chi connectivity index (χ3n) is 4.36. The molecule has 0 unspecified atom stereocenters. The highest BCUT2D eigenvalue weighted by atomic mass is 19.1. The summed E-state index contributed by atoms with van der Waals surface area (Å²) in [6.45, 7) is 1.90. The first-order valence-corrected chi connectivity index (χ1v) is 7.82. The third kappa shape index (κ3) is 3.52.